The molecule has 0 saturated heterocycles. The second-order valence-electron chi connectivity index (χ2n) is 9.44. The molecular weight excluding hydrogens is 502 g/mol. The van der Waals surface area contributed by atoms with Crippen molar-refractivity contribution >= 4 is 35.0 Å². The molecule has 36 heavy (non-hydrogen) atoms. The van der Waals surface area contributed by atoms with Crippen LogP contribution in [-0.4, -0.2) is 30.9 Å². The fourth-order valence-electron chi connectivity index (χ4n) is 4.67. The van der Waals surface area contributed by atoms with Crippen LogP contribution in [0.15, 0.2) is 36.4 Å². The van der Waals surface area contributed by atoms with Crippen LogP contribution in [0.4, 0.5) is 4.39 Å². The highest BCUT2D eigenvalue weighted by atomic mass is 35.5. The molecular formula is C27H35Cl2FN4O2. The number of rotatable bonds is 11. The van der Waals surface area contributed by atoms with Crippen molar-refractivity contribution in [2.45, 2.75) is 70.1 Å². The molecule has 1 fully saturated rings. The number of amides is 2. The van der Waals surface area contributed by atoms with Crippen LogP contribution in [0.2, 0.25) is 10.0 Å². The molecule has 0 spiro atoms. The van der Waals surface area contributed by atoms with Crippen LogP contribution in [0.3, 0.4) is 0 Å². The summed E-state index contributed by atoms with van der Waals surface area (Å²) >= 11 is 12.2. The lowest BCUT2D eigenvalue weighted by atomic mass is 9.84. The van der Waals surface area contributed by atoms with Crippen molar-refractivity contribution in [3.05, 3.63) is 69.0 Å². The summed E-state index contributed by atoms with van der Waals surface area (Å²) < 4.78 is 14.1. The summed E-state index contributed by atoms with van der Waals surface area (Å²) in [7, 11) is 1.76. The molecule has 9 heteroatoms. The van der Waals surface area contributed by atoms with Gasteiger partial charge in [-0.05, 0) is 48.7 Å². The Morgan fingerprint density at radius 2 is 1.72 bits per heavy atom. The van der Waals surface area contributed by atoms with E-state index in [4.69, 9.17) is 28.9 Å². The Kier molecular flexibility index (Phi) is 11.0. The molecule has 0 aromatic heterocycles. The Morgan fingerprint density at radius 3 is 2.36 bits per heavy atom. The Labute approximate surface area is 222 Å². The van der Waals surface area contributed by atoms with E-state index in [-0.39, 0.29) is 31.3 Å². The van der Waals surface area contributed by atoms with Crippen molar-refractivity contribution in [3.8, 4) is 0 Å². The van der Waals surface area contributed by atoms with Crippen molar-refractivity contribution in [2.24, 2.45) is 11.7 Å². The molecule has 6 nitrogen and oxygen atoms in total. The zero-order valence-corrected chi connectivity index (χ0v) is 22.1. The van der Waals surface area contributed by atoms with Gasteiger partial charge in [-0.1, -0.05) is 73.5 Å². The standard InChI is InChI=1S/C27H35Cl2FN4O2/c1-32-24(13-17-5-3-2-4-6-17)27(36)34-25(14-18-8-10-21(28)22(29)11-18)26(35)33-16-19-7-9-20(15-31)23(30)12-19/h7-12,17,24-25,32H,2-6,13-16,31H2,1H3,(H,33,35)(H,34,36)/t24?,25-/m0/s1. The highest BCUT2D eigenvalue weighted by Gasteiger charge is 2.28. The van der Waals surface area contributed by atoms with Gasteiger partial charge in [0.1, 0.15) is 11.9 Å². The highest BCUT2D eigenvalue weighted by molar-refractivity contribution is 6.42. The van der Waals surface area contributed by atoms with E-state index in [0.717, 1.165) is 24.8 Å². The minimum absolute atomic E-state index is 0.101. The van der Waals surface area contributed by atoms with E-state index >= 15 is 0 Å². The highest BCUT2D eigenvalue weighted by Crippen LogP contribution is 2.27. The smallest absolute Gasteiger partial charge is 0.243 e. The van der Waals surface area contributed by atoms with Crippen LogP contribution in [0.5, 0.6) is 0 Å². The number of likely N-dealkylation sites (N-methyl/N-ethyl adjacent to an activating group) is 1. The maximum Gasteiger partial charge on any atom is 0.243 e. The lowest BCUT2D eigenvalue weighted by Crippen LogP contribution is -2.53. The van der Waals surface area contributed by atoms with Crippen LogP contribution in [0.25, 0.3) is 0 Å². The Bertz CT molecular complexity index is 1050. The third kappa shape index (κ3) is 8.17. The summed E-state index contributed by atoms with van der Waals surface area (Å²) in [4.78, 5) is 26.4. The number of carbonyl (C=O) groups is 2. The normalized spacial score (nSPS) is 15.8. The summed E-state index contributed by atoms with van der Waals surface area (Å²) in [6.07, 6.45) is 6.84. The molecule has 0 aliphatic heterocycles. The molecule has 1 saturated carbocycles. The third-order valence-electron chi connectivity index (χ3n) is 6.82. The number of hydrogen-bond donors (Lipinski definition) is 4. The van der Waals surface area contributed by atoms with Gasteiger partial charge in [0.25, 0.3) is 0 Å². The quantitative estimate of drug-likeness (QED) is 0.340. The largest absolute Gasteiger partial charge is 0.350 e. The summed E-state index contributed by atoms with van der Waals surface area (Å²) in [6, 6.07) is 8.58. The Morgan fingerprint density at radius 1 is 1.00 bits per heavy atom. The molecule has 0 radical (unpaired) electrons. The van der Waals surface area contributed by atoms with Crippen LogP contribution < -0.4 is 21.7 Å². The van der Waals surface area contributed by atoms with Gasteiger partial charge in [-0.3, -0.25) is 9.59 Å². The number of hydrogen-bond acceptors (Lipinski definition) is 4. The van der Waals surface area contributed by atoms with Crippen LogP contribution in [0.1, 0.15) is 55.2 Å². The van der Waals surface area contributed by atoms with E-state index in [1.165, 1.54) is 25.3 Å². The monoisotopic (exact) mass is 536 g/mol. The van der Waals surface area contributed by atoms with Crippen LogP contribution in [0, 0.1) is 11.7 Å². The van der Waals surface area contributed by atoms with Gasteiger partial charge in [0, 0.05) is 25.1 Å². The van der Waals surface area contributed by atoms with Gasteiger partial charge in [-0.15, -0.1) is 0 Å². The average Bonchev–Trinajstić information content (AvgIpc) is 2.88. The molecule has 1 aliphatic rings. The van der Waals surface area contributed by atoms with Crippen molar-refractivity contribution in [2.75, 3.05) is 7.05 Å². The maximum absolute atomic E-state index is 14.1. The van der Waals surface area contributed by atoms with E-state index in [1.807, 2.05) is 0 Å². The predicted octanol–water partition coefficient (Wildman–Crippen LogP) is 4.49. The van der Waals surface area contributed by atoms with Crippen LogP contribution >= 0.6 is 23.2 Å². The molecule has 2 aromatic rings. The molecule has 3 rings (SSSR count). The van der Waals surface area contributed by atoms with E-state index < -0.39 is 17.9 Å². The molecule has 2 amide bonds. The molecule has 5 N–H and O–H groups in total. The molecule has 0 heterocycles. The molecule has 1 aliphatic carbocycles. The third-order valence-corrected chi connectivity index (χ3v) is 7.56. The van der Waals surface area contributed by atoms with Crippen LogP contribution in [-0.2, 0) is 29.1 Å². The van der Waals surface area contributed by atoms with Gasteiger partial charge in [0.05, 0.1) is 16.1 Å². The summed E-state index contributed by atoms with van der Waals surface area (Å²) in [5.74, 6) is -0.507. The molecule has 0 bridgehead atoms. The fraction of sp³-hybridized carbons (Fsp3) is 0.481. The van der Waals surface area contributed by atoms with E-state index in [2.05, 4.69) is 16.0 Å². The average molecular weight is 538 g/mol. The zero-order valence-electron chi connectivity index (χ0n) is 20.6. The lowest BCUT2D eigenvalue weighted by molar-refractivity contribution is -0.130. The van der Waals surface area contributed by atoms with E-state index in [9.17, 15) is 14.0 Å². The number of nitrogens with one attached hydrogen (secondary N) is 3. The van der Waals surface area contributed by atoms with E-state index in [0.29, 0.717) is 27.1 Å². The summed E-state index contributed by atoms with van der Waals surface area (Å²) in [5, 5.41) is 9.65. The SMILES string of the molecule is CNC(CC1CCCCC1)C(=O)N[C@@H](Cc1ccc(Cl)c(Cl)c1)C(=O)NCc1ccc(CN)c(F)c1. The number of benzene rings is 2. The Balaban J connectivity index is 1.71. The lowest BCUT2D eigenvalue weighted by Gasteiger charge is -2.27. The van der Waals surface area contributed by atoms with Gasteiger partial charge < -0.3 is 21.7 Å². The Hall–Kier alpha value is -2.19. The first-order valence-electron chi connectivity index (χ1n) is 12.5. The molecule has 2 aromatic carbocycles. The predicted molar refractivity (Wildman–Crippen MR) is 142 cm³/mol. The topological polar surface area (TPSA) is 96.2 Å². The van der Waals surface area contributed by atoms with Gasteiger partial charge in [0.2, 0.25) is 11.8 Å². The minimum Gasteiger partial charge on any atom is -0.350 e. The van der Waals surface area contributed by atoms with E-state index in [1.54, 1.807) is 37.4 Å². The first-order valence-corrected chi connectivity index (χ1v) is 13.2. The first-order chi connectivity index (χ1) is 17.3. The zero-order chi connectivity index (χ0) is 26.1. The molecule has 196 valence electrons. The second kappa shape index (κ2) is 13.9. The maximum atomic E-state index is 14.1. The van der Waals surface area contributed by atoms with Crippen molar-refractivity contribution in [3.63, 3.8) is 0 Å². The summed E-state index contributed by atoms with van der Waals surface area (Å²) in [6.45, 7) is 0.218. The molecule has 2 atom stereocenters. The van der Waals surface area contributed by atoms with Crippen molar-refractivity contribution < 1.29 is 14.0 Å². The van der Waals surface area contributed by atoms with Gasteiger partial charge >= 0.3 is 0 Å². The minimum atomic E-state index is -0.842. The van der Waals surface area contributed by atoms with Gasteiger partial charge in [0.15, 0.2) is 0 Å². The molecule has 1 unspecified atom stereocenters. The van der Waals surface area contributed by atoms with Crippen molar-refractivity contribution in [1.82, 2.24) is 16.0 Å². The first kappa shape index (κ1) is 28.4. The number of halogens is 3. The number of nitrogens with two attached hydrogens (primary N) is 1. The van der Waals surface area contributed by atoms with Crippen molar-refractivity contribution in [1.29, 1.82) is 0 Å². The van der Waals surface area contributed by atoms with Gasteiger partial charge in [-0.2, -0.15) is 0 Å². The summed E-state index contributed by atoms with van der Waals surface area (Å²) in [5.41, 5.74) is 7.29. The number of carbonyl (C=O) groups excluding carboxylic acids is 2. The van der Waals surface area contributed by atoms with Gasteiger partial charge in [-0.25, -0.2) is 4.39 Å². The second-order valence-corrected chi connectivity index (χ2v) is 10.3. The fourth-order valence-corrected chi connectivity index (χ4v) is 5.00.